The van der Waals surface area contributed by atoms with E-state index in [2.05, 4.69) is 20.3 Å². The van der Waals surface area contributed by atoms with Gasteiger partial charge in [-0.2, -0.15) is 0 Å². The second-order valence-electron chi connectivity index (χ2n) is 5.83. The quantitative estimate of drug-likeness (QED) is 0.603. The van der Waals surface area contributed by atoms with Crippen LogP contribution in [0.2, 0.25) is 0 Å². The number of fused-ring (bicyclic) bond motifs is 3. The molecule has 0 amide bonds. The molecule has 1 fully saturated rings. The van der Waals surface area contributed by atoms with Gasteiger partial charge >= 0.3 is 0 Å². The molecular weight excluding hydrogens is 308 g/mol. The average molecular weight is 322 g/mol. The molecule has 0 saturated heterocycles. The maximum Gasteiger partial charge on any atom is 0.196 e. The van der Waals surface area contributed by atoms with Gasteiger partial charge in [0.25, 0.3) is 0 Å². The van der Waals surface area contributed by atoms with E-state index in [1.807, 2.05) is 35.8 Å². The number of benzene rings is 1. The molecule has 0 bridgehead atoms. The lowest BCUT2D eigenvalue weighted by atomic mass is 10.2. The number of nitrogens with one attached hydrogen (secondary N) is 1. The molecule has 5 rings (SSSR count). The first-order chi connectivity index (χ1) is 11.4. The van der Waals surface area contributed by atoms with Crippen molar-refractivity contribution in [2.24, 2.45) is 5.92 Å². The summed E-state index contributed by atoms with van der Waals surface area (Å²) in [7, 11) is 0. The van der Waals surface area contributed by atoms with E-state index >= 15 is 0 Å². The van der Waals surface area contributed by atoms with Crippen LogP contribution >= 0.6 is 11.3 Å². The van der Waals surface area contributed by atoms with Gasteiger partial charge in [-0.1, -0.05) is 12.1 Å². The molecule has 23 heavy (non-hydrogen) atoms. The van der Waals surface area contributed by atoms with Crippen molar-refractivity contribution in [2.45, 2.75) is 18.9 Å². The first kappa shape index (κ1) is 13.0. The minimum absolute atomic E-state index is 0.196. The van der Waals surface area contributed by atoms with E-state index < -0.39 is 0 Å². The summed E-state index contributed by atoms with van der Waals surface area (Å²) < 4.78 is 6.00. The van der Waals surface area contributed by atoms with E-state index in [0.29, 0.717) is 5.92 Å². The Morgan fingerprint density at radius 2 is 2.09 bits per heavy atom. The molecular formula is C17H14N4OS. The zero-order chi connectivity index (χ0) is 15.2. The maximum absolute atomic E-state index is 6.00. The molecule has 3 heterocycles. The number of anilines is 1. The molecule has 5 nitrogen and oxygen atoms in total. The van der Waals surface area contributed by atoms with Gasteiger partial charge in [0, 0.05) is 17.0 Å². The standard InChI is InChI=1S/C17H14N4OS/c1-2-4-12-11(3-1)14-15(22-12)16(20-9-19-14)21-13(10-5-6-10)17-18-7-8-23-17/h1-4,7-10,13H,5-6H2,(H,19,20,21)/t13-/m0/s1. The van der Waals surface area contributed by atoms with E-state index in [9.17, 15) is 0 Å². The van der Waals surface area contributed by atoms with Gasteiger partial charge in [-0.3, -0.25) is 0 Å². The van der Waals surface area contributed by atoms with Gasteiger partial charge in [0.2, 0.25) is 0 Å². The van der Waals surface area contributed by atoms with Gasteiger partial charge in [-0.05, 0) is 30.9 Å². The molecule has 114 valence electrons. The molecule has 1 aromatic carbocycles. The molecule has 4 aromatic rings. The zero-order valence-corrected chi connectivity index (χ0v) is 13.1. The summed E-state index contributed by atoms with van der Waals surface area (Å²) in [4.78, 5) is 13.3. The van der Waals surface area contributed by atoms with Crippen molar-refractivity contribution in [1.29, 1.82) is 0 Å². The van der Waals surface area contributed by atoms with Gasteiger partial charge in [0.1, 0.15) is 22.4 Å². The van der Waals surface area contributed by atoms with Gasteiger partial charge in [-0.25, -0.2) is 15.0 Å². The molecule has 0 radical (unpaired) electrons. The van der Waals surface area contributed by atoms with Gasteiger partial charge in [0.05, 0.1) is 6.04 Å². The highest BCUT2D eigenvalue weighted by Crippen LogP contribution is 2.44. The van der Waals surface area contributed by atoms with Gasteiger partial charge < -0.3 is 9.73 Å². The van der Waals surface area contributed by atoms with Crippen LogP contribution in [0.5, 0.6) is 0 Å². The predicted molar refractivity (Wildman–Crippen MR) is 90.5 cm³/mol. The highest BCUT2D eigenvalue weighted by atomic mass is 32.1. The van der Waals surface area contributed by atoms with Crippen molar-refractivity contribution in [1.82, 2.24) is 15.0 Å². The van der Waals surface area contributed by atoms with Crippen molar-refractivity contribution in [3.05, 3.63) is 47.2 Å². The zero-order valence-electron chi connectivity index (χ0n) is 12.3. The molecule has 1 atom stereocenters. The summed E-state index contributed by atoms with van der Waals surface area (Å²) in [5.74, 6) is 1.37. The number of hydrogen-bond acceptors (Lipinski definition) is 6. The largest absolute Gasteiger partial charge is 0.450 e. The highest BCUT2D eigenvalue weighted by molar-refractivity contribution is 7.09. The summed E-state index contributed by atoms with van der Waals surface area (Å²) in [6, 6.07) is 8.14. The Hall–Kier alpha value is -2.47. The monoisotopic (exact) mass is 322 g/mol. The number of hydrogen-bond donors (Lipinski definition) is 1. The van der Waals surface area contributed by atoms with E-state index in [4.69, 9.17) is 4.42 Å². The van der Waals surface area contributed by atoms with Crippen molar-refractivity contribution in [3.8, 4) is 0 Å². The Morgan fingerprint density at radius 1 is 1.17 bits per heavy atom. The molecule has 1 N–H and O–H groups in total. The van der Waals surface area contributed by atoms with E-state index in [-0.39, 0.29) is 6.04 Å². The fourth-order valence-corrected chi connectivity index (χ4v) is 3.75. The minimum Gasteiger partial charge on any atom is -0.450 e. The molecule has 3 aromatic heterocycles. The second kappa shape index (κ2) is 5.03. The van der Waals surface area contributed by atoms with Crippen LogP contribution in [-0.2, 0) is 0 Å². The molecule has 1 aliphatic rings. The lowest BCUT2D eigenvalue weighted by Crippen LogP contribution is -2.13. The van der Waals surface area contributed by atoms with Crippen LogP contribution in [0.4, 0.5) is 5.82 Å². The summed E-state index contributed by atoms with van der Waals surface area (Å²) in [6.07, 6.45) is 5.91. The third kappa shape index (κ3) is 2.17. The number of nitrogens with zero attached hydrogens (tertiary/aromatic N) is 3. The molecule has 0 unspecified atom stereocenters. The lowest BCUT2D eigenvalue weighted by Gasteiger charge is -2.16. The number of thiazole rings is 1. The second-order valence-corrected chi connectivity index (χ2v) is 6.75. The smallest absolute Gasteiger partial charge is 0.196 e. The van der Waals surface area contributed by atoms with Gasteiger partial charge in [0.15, 0.2) is 11.4 Å². The summed E-state index contributed by atoms with van der Waals surface area (Å²) in [5.41, 5.74) is 2.41. The third-order valence-corrected chi connectivity index (χ3v) is 5.12. The summed E-state index contributed by atoms with van der Waals surface area (Å²) in [6.45, 7) is 0. The first-order valence-corrected chi connectivity index (χ1v) is 8.56. The van der Waals surface area contributed by atoms with Crippen LogP contribution < -0.4 is 5.32 Å². The Morgan fingerprint density at radius 3 is 2.91 bits per heavy atom. The molecule has 0 spiro atoms. The number of para-hydroxylation sites is 1. The molecule has 1 saturated carbocycles. The van der Waals surface area contributed by atoms with Crippen molar-refractivity contribution in [2.75, 3.05) is 5.32 Å². The van der Waals surface area contributed by atoms with Crippen molar-refractivity contribution in [3.63, 3.8) is 0 Å². The molecule has 1 aliphatic carbocycles. The van der Waals surface area contributed by atoms with Crippen LogP contribution in [-0.4, -0.2) is 15.0 Å². The SMILES string of the molecule is c1ccc2c(c1)oc1c(N[C@H](c3nccs3)C3CC3)ncnc12. The average Bonchev–Trinajstić information content (AvgIpc) is 3.14. The Balaban J connectivity index is 1.62. The van der Waals surface area contributed by atoms with Crippen molar-refractivity contribution < 1.29 is 4.42 Å². The van der Waals surface area contributed by atoms with Crippen LogP contribution in [0, 0.1) is 5.92 Å². The van der Waals surface area contributed by atoms with Crippen LogP contribution in [0.25, 0.3) is 22.1 Å². The minimum atomic E-state index is 0.196. The lowest BCUT2D eigenvalue weighted by molar-refractivity contribution is 0.649. The van der Waals surface area contributed by atoms with Gasteiger partial charge in [-0.15, -0.1) is 11.3 Å². The topological polar surface area (TPSA) is 63.8 Å². The summed E-state index contributed by atoms with van der Waals surface area (Å²) >= 11 is 1.68. The number of aromatic nitrogens is 3. The van der Waals surface area contributed by atoms with E-state index in [0.717, 1.165) is 32.9 Å². The number of rotatable bonds is 4. The van der Waals surface area contributed by atoms with E-state index in [1.165, 1.54) is 12.8 Å². The first-order valence-electron chi connectivity index (χ1n) is 7.68. The Labute approximate surface area is 136 Å². The highest BCUT2D eigenvalue weighted by Gasteiger charge is 2.34. The Bertz CT molecular complexity index is 975. The molecule has 6 heteroatoms. The van der Waals surface area contributed by atoms with Crippen LogP contribution in [0.15, 0.2) is 46.6 Å². The van der Waals surface area contributed by atoms with Crippen molar-refractivity contribution >= 4 is 39.2 Å². The number of furan rings is 1. The van der Waals surface area contributed by atoms with E-state index in [1.54, 1.807) is 17.7 Å². The van der Waals surface area contributed by atoms with Crippen LogP contribution in [0.1, 0.15) is 23.9 Å². The third-order valence-electron chi connectivity index (χ3n) is 4.26. The normalized spacial score (nSPS) is 16.0. The van der Waals surface area contributed by atoms with Crippen LogP contribution in [0.3, 0.4) is 0 Å². The molecule has 0 aliphatic heterocycles. The fraction of sp³-hybridized carbons (Fsp3) is 0.235. The maximum atomic E-state index is 6.00. The predicted octanol–water partition coefficient (Wildman–Crippen LogP) is 4.40. The fourth-order valence-electron chi connectivity index (χ4n) is 2.97. The Kier molecular flexibility index (Phi) is 2.84. The summed E-state index contributed by atoms with van der Waals surface area (Å²) in [5, 5.41) is 7.69.